The molecule has 0 radical (unpaired) electrons. The number of hydrogen-bond acceptors (Lipinski definition) is 5. The Hall–Kier alpha value is -3.03. The monoisotopic (exact) mass is 330 g/mol. The van der Waals surface area contributed by atoms with Gasteiger partial charge in [0, 0.05) is 13.1 Å². The smallest absolute Gasteiger partial charge is 0.243 e. The lowest BCUT2D eigenvalue weighted by Crippen LogP contribution is -2.33. The second-order valence-electron chi connectivity index (χ2n) is 5.41. The predicted octanol–water partition coefficient (Wildman–Crippen LogP) is 0.798. The van der Waals surface area contributed by atoms with Crippen molar-refractivity contribution in [2.75, 3.05) is 18.5 Å². The maximum absolute atomic E-state index is 11.6. The highest BCUT2D eigenvalue weighted by Gasteiger charge is 2.21. The van der Waals surface area contributed by atoms with Gasteiger partial charge in [-0.1, -0.05) is 12.1 Å². The van der Waals surface area contributed by atoms with Crippen molar-refractivity contribution >= 4 is 17.5 Å². The Labute approximate surface area is 138 Å². The Morgan fingerprint density at radius 1 is 1.33 bits per heavy atom. The fourth-order valence-electron chi connectivity index (χ4n) is 2.30. The lowest BCUT2D eigenvalue weighted by Gasteiger charge is -2.26. The van der Waals surface area contributed by atoms with Crippen LogP contribution in [-0.4, -0.2) is 40.9 Å². The summed E-state index contributed by atoms with van der Waals surface area (Å²) in [4.78, 5) is 22.4. The molecule has 8 nitrogen and oxygen atoms in total. The van der Waals surface area contributed by atoms with Crippen LogP contribution in [0.1, 0.15) is 6.92 Å². The molecular weight excluding hydrogens is 312 g/mol. The van der Waals surface area contributed by atoms with Gasteiger partial charge in [-0.15, -0.1) is 0 Å². The van der Waals surface area contributed by atoms with Gasteiger partial charge < -0.3 is 20.1 Å². The van der Waals surface area contributed by atoms with Gasteiger partial charge in [0.2, 0.25) is 11.8 Å². The quantitative estimate of drug-likeness (QED) is 0.845. The van der Waals surface area contributed by atoms with Gasteiger partial charge in [-0.2, -0.15) is 5.10 Å². The summed E-state index contributed by atoms with van der Waals surface area (Å²) in [6.45, 7) is 2.21. The normalized spacial score (nSPS) is 15.6. The van der Waals surface area contributed by atoms with Gasteiger partial charge in [0.05, 0.1) is 25.0 Å². The first-order chi connectivity index (χ1) is 11.6. The van der Waals surface area contributed by atoms with E-state index >= 15 is 0 Å². The van der Waals surface area contributed by atoms with Crippen molar-refractivity contribution in [2.45, 2.75) is 19.6 Å². The second-order valence-corrected chi connectivity index (χ2v) is 5.41. The minimum absolute atomic E-state index is 0.0725. The maximum atomic E-state index is 11.6. The summed E-state index contributed by atoms with van der Waals surface area (Å²) in [5.41, 5.74) is 0.558. The summed E-state index contributed by atoms with van der Waals surface area (Å²) in [5, 5.41) is 9.29. The van der Waals surface area contributed by atoms with Crippen LogP contribution in [0.15, 0.2) is 36.7 Å². The average Bonchev–Trinajstić information content (AvgIpc) is 2.99. The number of fused-ring (bicyclic) bond motifs is 1. The maximum Gasteiger partial charge on any atom is 0.243 e. The SMILES string of the molecule is CC(=O)NCC(=O)Nc1cnn(CC2COc3ccccc3O2)c1. The van der Waals surface area contributed by atoms with E-state index in [2.05, 4.69) is 15.7 Å². The van der Waals surface area contributed by atoms with Gasteiger partial charge in [-0.25, -0.2) is 0 Å². The molecule has 0 saturated carbocycles. The molecule has 2 aromatic rings. The summed E-state index contributed by atoms with van der Waals surface area (Å²) in [5.74, 6) is 0.886. The van der Waals surface area contributed by atoms with Crippen LogP contribution in [0.5, 0.6) is 11.5 Å². The highest BCUT2D eigenvalue weighted by Crippen LogP contribution is 2.31. The number of carbonyl (C=O) groups excluding carboxylic acids is 2. The summed E-state index contributed by atoms with van der Waals surface area (Å²) < 4.78 is 13.2. The number of anilines is 1. The standard InChI is InChI=1S/C16H18N4O4/c1-11(21)17-7-16(22)19-12-6-18-20(8-12)9-13-10-23-14-4-2-3-5-15(14)24-13/h2-6,8,13H,7,9-10H2,1H3,(H,17,21)(H,19,22). The molecule has 1 unspecified atom stereocenters. The lowest BCUT2D eigenvalue weighted by atomic mass is 10.2. The predicted molar refractivity (Wildman–Crippen MR) is 85.9 cm³/mol. The van der Waals surface area contributed by atoms with Crippen molar-refractivity contribution in [2.24, 2.45) is 0 Å². The molecule has 1 aromatic heterocycles. The van der Waals surface area contributed by atoms with Gasteiger partial charge in [0.15, 0.2) is 17.6 Å². The Balaban J connectivity index is 1.53. The molecule has 126 valence electrons. The highest BCUT2D eigenvalue weighted by molar-refractivity contribution is 5.93. The van der Waals surface area contributed by atoms with E-state index in [1.165, 1.54) is 6.92 Å². The van der Waals surface area contributed by atoms with E-state index in [-0.39, 0.29) is 24.5 Å². The fourth-order valence-corrected chi connectivity index (χ4v) is 2.30. The van der Waals surface area contributed by atoms with E-state index in [1.807, 2.05) is 24.3 Å². The summed E-state index contributed by atoms with van der Waals surface area (Å²) in [6, 6.07) is 7.51. The molecule has 8 heteroatoms. The molecule has 2 amide bonds. The Morgan fingerprint density at radius 3 is 2.92 bits per heavy atom. The molecule has 2 heterocycles. The Morgan fingerprint density at radius 2 is 2.12 bits per heavy atom. The van der Waals surface area contributed by atoms with Crippen LogP contribution in [0.3, 0.4) is 0 Å². The molecule has 0 spiro atoms. The van der Waals surface area contributed by atoms with Crippen LogP contribution in [-0.2, 0) is 16.1 Å². The van der Waals surface area contributed by atoms with Gasteiger partial charge in [-0.3, -0.25) is 14.3 Å². The van der Waals surface area contributed by atoms with Crippen LogP contribution >= 0.6 is 0 Å². The third-order valence-electron chi connectivity index (χ3n) is 3.37. The first-order valence-corrected chi connectivity index (χ1v) is 7.55. The van der Waals surface area contributed by atoms with E-state index < -0.39 is 0 Å². The van der Waals surface area contributed by atoms with E-state index in [0.29, 0.717) is 24.6 Å². The van der Waals surface area contributed by atoms with Crippen LogP contribution in [0.2, 0.25) is 0 Å². The molecule has 1 atom stereocenters. The van der Waals surface area contributed by atoms with Gasteiger partial charge >= 0.3 is 0 Å². The topological polar surface area (TPSA) is 94.5 Å². The lowest BCUT2D eigenvalue weighted by molar-refractivity contribution is -0.122. The number of carbonyl (C=O) groups is 2. The molecule has 1 aromatic carbocycles. The molecule has 0 fully saturated rings. The van der Waals surface area contributed by atoms with Crippen molar-refractivity contribution in [3.8, 4) is 11.5 Å². The molecule has 1 aliphatic heterocycles. The molecule has 1 aliphatic rings. The molecule has 0 bridgehead atoms. The number of hydrogen-bond donors (Lipinski definition) is 2. The van der Waals surface area contributed by atoms with Crippen molar-refractivity contribution in [3.05, 3.63) is 36.7 Å². The summed E-state index contributed by atoms with van der Waals surface area (Å²) >= 11 is 0. The molecule has 3 rings (SSSR count). The van der Waals surface area contributed by atoms with Gasteiger partial charge in [0.25, 0.3) is 0 Å². The first-order valence-electron chi connectivity index (χ1n) is 7.55. The number of aromatic nitrogens is 2. The molecule has 2 N–H and O–H groups in total. The van der Waals surface area contributed by atoms with E-state index in [0.717, 1.165) is 5.75 Å². The number of rotatable bonds is 5. The molecular formula is C16H18N4O4. The Kier molecular flexibility index (Phi) is 4.64. The van der Waals surface area contributed by atoms with E-state index in [9.17, 15) is 9.59 Å². The highest BCUT2D eigenvalue weighted by atomic mass is 16.6. The van der Waals surface area contributed by atoms with Crippen molar-refractivity contribution in [3.63, 3.8) is 0 Å². The summed E-state index contributed by atoms with van der Waals surface area (Å²) in [7, 11) is 0. The van der Waals surface area contributed by atoms with Gasteiger partial charge in [0.1, 0.15) is 6.61 Å². The zero-order valence-electron chi connectivity index (χ0n) is 13.2. The number of para-hydroxylation sites is 2. The summed E-state index contributed by atoms with van der Waals surface area (Å²) in [6.07, 6.45) is 3.08. The third kappa shape index (κ3) is 4.03. The average molecular weight is 330 g/mol. The van der Waals surface area contributed by atoms with E-state index in [4.69, 9.17) is 9.47 Å². The zero-order valence-corrected chi connectivity index (χ0v) is 13.2. The van der Waals surface area contributed by atoms with Crippen molar-refractivity contribution in [1.29, 1.82) is 0 Å². The van der Waals surface area contributed by atoms with Crippen LogP contribution in [0, 0.1) is 0 Å². The zero-order chi connectivity index (χ0) is 16.9. The molecule has 0 aliphatic carbocycles. The number of nitrogens with one attached hydrogen (secondary N) is 2. The fraction of sp³-hybridized carbons (Fsp3) is 0.312. The first kappa shape index (κ1) is 15.9. The number of nitrogens with zero attached hydrogens (tertiary/aromatic N) is 2. The van der Waals surface area contributed by atoms with Crippen LogP contribution in [0.4, 0.5) is 5.69 Å². The largest absolute Gasteiger partial charge is 0.486 e. The van der Waals surface area contributed by atoms with Crippen LogP contribution < -0.4 is 20.1 Å². The van der Waals surface area contributed by atoms with Crippen molar-refractivity contribution in [1.82, 2.24) is 15.1 Å². The Bertz CT molecular complexity index is 743. The van der Waals surface area contributed by atoms with E-state index in [1.54, 1.807) is 17.1 Å². The minimum atomic E-state index is -0.309. The molecule has 24 heavy (non-hydrogen) atoms. The minimum Gasteiger partial charge on any atom is -0.486 e. The number of amides is 2. The van der Waals surface area contributed by atoms with Crippen LogP contribution in [0.25, 0.3) is 0 Å². The van der Waals surface area contributed by atoms with Gasteiger partial charge in [-0.05, 0) is 12.1 Å². The third-order valence-corrected chi connectivity index (χ3v) is 3.37. The molecule has 0 saturated heterocycles. The van der Waals surface area contributed by atoms with Crippen molar-refractivity contribution < 1.29 is 19.1 Å². The number of benzene rings is 1. The second kappa shape index (κ2) is 7.03. The number of ether oxygens (including phenoxy) is 2.